The van der Waals surface area contributed by atoms with E-state index in [0.29, 0.717) is 12.1 Å². The average Bonchev–Trinajstić information content (AvgIpc) is 3.14. The largest absolute Gasteiger partial charge is 0.251 e. The summed E-state index contributed by atoms with van der Waals surface area (Å²) in [7, 11) is 3.90. The van der Waals surface area contributed by atoms with E-state index >= 15 is 4.20 Å². The molecule has 0 amide bonds. The van der Waals surface area contributed by atoms with Crippen molar-refractivity contribution in [2.75, 3.05) is 26.9 Å². The van der Waals surface area contributed by atoms with Gasteiger partial charge in [-0.2, -0.15) is 4.99 Å². The summed E-state index contributed by atoms with van der Waals surface area (Å²) in [5.41, 5.74) is 6.99. The monoisotopic (exact) mass is 682 g/mol. The van der Waals surface area contributed by atoms with E-state index in [2.05, 4.69) is 15.6 Å². The quantitative estimate of drug-likeness (QED) is 0.0577. The first-order valence-corrected chi connectivity index (χ1v) is 20.2. The van der Waals surface area contributed by atoms with Crippen LogP contribution in [-0.4, -0.2) is 43.4 Å². The second-order valence-electron chi connectivity index (χ2n) is 13.3. The van der Waals surface area contributed by atoms with E-state index in [1.165, 1.54) is 38.5 Å². The summed E-state index contributed by atoms with van der Waals surface area (Å²) in [6.45, 7) is -3.38. The predicted octanol–water partition coefficient (Wildman–Crippen LogP) is 7.51. The molecule has 4 aromatic carbocycles. The zero-order chi connectivity index (χ0) is 34.4. The summed E-state index contributed by atoms with van der Waals surface area (Å²) >= 11 is 0. The summed E-state index contributed by atoms with van der Waals surface area (Å²) in [4.78, 5) is 4.46. The molecule has 0 saturated carbocycles. The molecule has 49 heavy (non-hydrogen) atoms. The molecule has 260 valence electrons. The van der Waals surface area contributed by atoms with Crippen molar-refractivity contribution in [2.45, 2.75) is 70.4 Å². The maximum atomic E-state index is 18.5. The Hall–Kier alpha value is -4.22. The summed E-state index contributed by atoms with van der Waals surface area (Å²) in [6.07, 6.45) is 11.8. The molecule has 5 rings (SSSR count). The third-order valence-corrected chi connectivity index (χ3v) is 14.8. The van der Waals surface area contributed by atoms with E-state index in [1.807, 2.05) is 134 Å². The molecule has 1 unspecified atom stereocenters. The van der Waals surface area contributed by atoms with Crippen molar-refractivity contribution >= 4 is 34.7 Å². The van der Waals surface area contributed by atoms with Crippen LogP contribution >= 0.6 is 6.91 Å². The molecule has 0 aliphatic carbocycles. The average molecular weight is 683 g/mol. The van der Waals surface area contributed by atoms with Gasteiger partial charge in [-0.25, -0.2) is 5.32 Å². The molecule has 1 aliphatic rings. The molecule has 1 atom stereocenters. The number of rotatable bonds is 18. The number of benzene rings is 4. The minimum absolute atomic E-state index is 0.227. The summed E-state index contributed by atoms with van der Waals surface area (Å²) < 4.78 is 26.5. The van der Waals surface area contributed by atoms with Crippen LogP contribution in [-0.2, 0) is 0 Å². The fraction of sp³-hybridized carbons (Fsp3) is 0.366. The summed E-state index contributed by atoms with van der Waals surface area (Å²) in [6, 6.07) is 37.9. The first-order valence-electron chi connectivity index (χ1n) is 17.9. The molecule has 0 spiro atoms. The number of halogens is 1. The van der Waals surface area contributed by atoms with Crippen molar-refractivity contribution in [1.82, 2.24) is 10.6 Å². The Bertz CT molecular complexity index is 1540. The number of hydrogen-bond acceptors (Lipinski definition) is 3. The maximum absolute atomic E-state index is 18.5. The zero-order valence-electron chi connectivity index (χ0n) is 29.2. The fourth-order valence-corrected chi connectivity index (χ4v) is 11.7. The van der Waals surface area contributed by atoms with Crippen LogP contribution in [0.1, 0.15) is 75.9 Å². The van der Waals surface area contributed by atoms with E-state index in [-0.39, 0.29) is 6.17 Å². The molecule has 1 heterocycles. The molecule has 0 radical (unpaired) electrons. The molecule has 8 heteroatoms. The Balaban J connectivity index is 0.988. The van der Waals surface area contributed by atoms with Crippen LogP contribution in [0.15, 0.2) is 120 Å². The van der Waals surface area contributed by atoms with Gasteiger partial charge in [-0.05, 0) is 24.3 Å². The fourth-order valence-electron chi connectivity index (χ4n) is 6.80. The van der Waals surface area contributed by atoms with Crippen molar-refractivity contribution in [1.29, 1.82) is 0 Å². The first kappa shape index (κ1) is 36.1. The Morgan fingerprint density at radius 1 is 0.653 bits per heavy atom. The van der Waals surface area contributed by atoms with Crippen LogP contribution in [0.3, 0.4) is 0 Å². The zero-order valence-corrected chi connectivity index (χ0v) is 30.1. The van der Waals surface area contributed by atoms with Gasteiger partial charge in [0.1, 0.15) is 5.75 Å². The number of guanidine groups is 2. The van der Waals surface area contributed by atoms with Crippen LogP contribution in [0.2, 0.25) is 0 Å². The van der Waals surface area contributed by atoms with Gasteiger partial charge in [0, 0.05) is 5.56 Å². The second kappa shape index (κ2) is 17.4. The minimum atomic E-state index is -4.10. The van der Waals surface area contributed by atoms with Gasteiger partial charge in [0.25, 0.3) is 5.96 Å². The van der Waals surface area contributed by atoms with Gasteiger partial charge in [-0.15, -0.1) is 0 Å². The standard InChI is InChI=1S/C41H53FN5OP/c1-47(2)41-45-39(44-40(43)46-41)34-28-30-35(31-29-34)48-32-20-9-7-5-3-4-6-8-10-21-33-49(42,36-22-14-11-15-23-36,37-24-16-12-17-25-37)38-26-18-13-19-27-38/h11-19,22-31,39H,3-10,20-21,32-33H2,1-2H3,(H3,43,44,45,46)/p+1. The Morgan fingerprint density at radius 2 is 1.10 bits per heavy atom. The number of unbranched alkanes of at least 4 members (excludes halogenated alkanes) is 9. The molecule has 4 N–H and O–H groups in total. The van der Waals surface area contributed by atoms with Crippen LogP contribution in [0.5, 0.6) is 5.75 Å². The maximum Gasteiger partial charge on any atom is -0.0195 e. The Morgan fingerprint density at radius 3 is 1.57 bits per heavy atom. The van der Waals surface area contributed by atoms with Crippen molar-refractivity contribution in [3.05, 3.63) is 121 Å². The van der Waals surface area contributed by atoms with Crippen molar-refractivity contribution < 1.29 is 13.5 Å². The van der Waals surface area contributed by atoms with Gasteiger partial charge >= 0.3 is 201 Å². The molecule has 1 aliphatic heterocycles. The molecule has 0 aromatic heterocycles. The number of hydrogen-bond donors (Lipinski definition) is 3. The topological polar surface area (TPSA) is 74.7 Å². The molecular weight excluding hydrogens is 628 g/mol. The molecule has 6 nitrogen and oxygen atoms in total. The van der Waals surface area contributed by atoms with Gasteiger partial charge < -0.3 is 10.5 Å². The van der Waals surface area contributed by atoms with Crippen molar-refractivity contribution in [3.8, 4) is 5.75 Å². The predicted molar refractivity (Wildman–Crippen MR) is 207 cm³/mol. The number of ether oxygens (including phenoxy) is 1. The molecule has 4 aromatic rings. The van der Waals surface area contributed by atoms with Gasteiger partial charge in [0.15, 0.2) is 6.17 Å². The van der Waals surface area contributed by atoms with Crippen LogP contribution in [0, 0.1) is 0 Å². The van der Waals surface area contributed by atoms with Gasteiger partial charge in [-0.3, -0.25) is 9.89 Å². The van der Waals surface area contributed by atoms with E-state index in [9.17, 15) is 0 Å². The molecular formula is C41H54FN5OP+. The van der Waals surface area contributed by atoms with Crippen LogP contribution < -0.4 is 37.0 Å². The van der Waals surface area contributed by atoms with Crippen molar-refractivity contribution in [2.24, 2.45) is 10.7 Å². The van der Waals surface area contributed by atoms with E-state index in [1.54, 1.807) is 0 Å². The van der Waals surface area contributed by atoms with Crippen LogP contribution in [0.4, 0.5) is 4.20 Å². The summed E-state index contributed by atoms with van der Waals surface area (Å²) in [5, 5.41) is 8.88. The Labute approximate surface area is 292 Å². The van der Waals surface area contributed by atoms with E-state index in [0.717, 1.165) is 65.5 Å². The number of nitrogens with two attached hydrogens (primary N) is 1. The Kier molecular flexibility index (Phi) is 12.8. The van der Waals surface area contributed by atoms with Crippen molar-refractivity contribution in [3.63, 3.8) is 0 Å². The smallest absolute Gasteiger partial charge is 0.0195 e. The third-order valence-electron chi connectivity index (χ3n) is 9.56. The van der Waals surface area contributed by atoms with Crippen LogP contribution in [0.25, 0.3) is 0 Å². The normalized spacial score (nSPS) is 15.3. The van der Waals surface area contributed by atoms with E-state index < -0.39 is 6.91 Å². The van der Waals surface area contributed by atoms with Gasteiger partial charge in [0.05, 0.1) is 14.1 Å². The SMILES string of the molecule is C[N+](C)=C1NC(N)=NC(c2ccc(OCCCCCCCCCCCCP(F)(c3ccccc3)(c3ccccc3)c3ccccc3)cc2)N1. The van der Waals surface area contributed by atoms with Gasteiger partial charge in [0.2, 0.25) is 0 Å². The number of nitrogens with one attached hydrogen (secondary N) is 2. The number of nitrogens with zero attached hydrogens (tertiary/aromatic N) is 2. The minimum Gasteiger partial charge on any atom is -0.251 e. The first-order chi connectivity index (χ1) is 23.9. The molecule has 0 bridgehead atoms. The third kappa shape index (κ3) is 9.07. The summed E-state index contributed by atoms with van der Waals surface area (Å²) in [5.74, 6) is 2.09. The molecule has 0 saturated heterocycles. The molecule has 0 fully saturated rings. The number of aliphatic imine (C=N–C) groups is 1. The second-order valence-corrected chi connectivity index (χ2v) is 17.7. The van der Waals surface area contributed by atoms with Gasteiger partial charge in [-0.1, -0.05) is 0 Å². The van der Waals surface area contributed by atoms with E-state index in [4.69, 9.17) is 10.5 Å².